The van der Waals surface area contributed by atoms with Crippen molar-refractivity contribution < 1.29 is 0 Å². The summed E-state index contributed by atoms with van der Waals surface area (Å²) in [6, 6.07) is 0. The molecule has 0 atom stereocenters. The van der Waals surface area contributed by atoms with E-state index in [1.54, 1.807) is 0 Å². The smallest absolute Gasteiger partial charge is 0.0171 e. The Kier molecular flexibility index (Phi) is 0.974. The lowest BCUT2D eigenvalue weighted by atomic mass is 9.70. The minimum Gasteiger partial charge on any atom is -0.302 e. The predicted octanol–water partition coefficient (Wildman–Crippen LogP) is 1.27. The molecule has 1 aliphatic heterocycles. The van der Waals surface area contributed by atoms with E-state index in [0.29, 0.717) is 5.41 Å². The lowest BCUT2D eigenvalue weighted by molar-refractivity contribution is 0.0344. The number of hydrogen-bond acceptors (Lipinski definition) is 1. The fourth-order valence-corrected chi connectivity index (χ4v) is 1.75. The Morgan fingerprint density at radius 3 is 2.56 bits per heavy atom. The van der Waals surface area contributed by atoms with Gasteiger partial charge in [0.05, 0.1) is 0 Å². The Balaban J connectivity index is 1.90. The lowest BCUT2D eigenvalue weighted by Gasteiger charge is -2.51. The number of rotatable bonds is 1. The maximum Gasteiger partial charge on any atom is 0.0171 e. The molecule has 0 bridgehead atoms. The van der Waals surface area contributed by atoms with Gasteiger partial charge in [-0.2, -0.15) is 0 Å². The third-order valence-electron chi connectivity index (χ3n) is 2.52. The summed E-state index contributed by atoms with van der Waals surface area (Å²) in [6.45, 7) is 6.10. The van der Waals surface area contributed by atoms with Crippen molar-refractivity contribution >= 4 is 0 Å². The van der Waals surface area contributed by atoms with E-state index in [9.17, 15) is 0 Å². The molecule has 0 unspecified atom stereocenters. The van der Waals surface area contributed by atoms with Gasteiger partial charge in [-0.3, -0.25) is 0 Å². The van der Waals surface area contributed by atoms with Crippen LogP contribution in [0.25, 0.3) is 0 Å². The standard InChI is InChI=1S/C8H13N/c1-2-9-6-8(7-9)4-3-5-8/h3-4H,2,5-7H2,1H3. The number of likely N-dealkylation sites (tertiary alicyclic amines) is 1. The maximum absolute atomic E-state index is 2.49. The average Bonchev–Trinajstić information content (AvgIpc) is 1.59. The Hall–Kier alpha value is -0.300. The van der Waals surface area contributed by atoms with Crippen LogP contribution in [0.15, 0.2) is 12.2 Å². The first-order valence-corrected chi connectivity index (χ1v) is 3.75. The van der Waals surface area contributed by atoms with Crippen LogP contribution in [-0.4, -0.2) is 24.5 Å². The zero-order valence-corrected chi connectivity index (χ0v) is 5.93. The van der Waals surface area contributed by atoms with E-state index in [1.165, 1.54) is 26.1 Å². The van der Waals surface area contributed by atoms with Gasteiger partial charge >= 0.3 is 0 Å². The van der Waals surface area contributed by atoms with E-state index in [4.69, 9.17) is 0 Å². The van der Waals surface area contributed by atoms with Crippen molar-refractivity contribution in [2.24, 2.45) is 5.41 Å². The molecule has 1 heterocycles. The summed E-state index contributed by atoms with van der Waals surface area (Å²) in [6.07, 6.45) is 6.00. The van der Waals surface area contributed by atoms with E-state index in [0.717, 1.165) is 0 Å². The second kappa shape index (κ2) is 1.60. The lowest BCUT2D eigenvalue weighted by Crippen LogP contribution is -2.56. The zero-order valence-electron chi connectivity index (χ0n) is 5.93. The van der Waals surface area contributed by atoms with Crippen molar-refractivity contribution in [2.75, 3.05) is 19.6 Å². The van der Waals surface area contributed by atoms with Crippen LogP contribution in [0, 0.1) is 5.41 Å². The van der Waals surface area contributed by atoms with Gasteiger partial charge in [-0.05, 0) is 13.0 Å². The van der Waals surface area contributed by atoms with Gasteiger partial charge < -0.3 is 4.90 Å². The van der Waals surface area contributed by atoms with E-state index < -0.39 is 0 Å². The van der Waals surface area contributed by atoms with Crippen molar-refractivity contribution in [3.63, 3.8) is 0 Å². The van der Waals surface area contributed by atoms with Gasteiger partial charge in [-0.1, -0.05) is 19.1 Å². The second-order valence-electron chi connectivity index (χ2n) is 3.27. The molecule has 0 saturated carbocycles. The van der Waals surface area contributed by atoms with Crippen LogP contribution in [0.3, 0.4) is 0 Å². The largest absolute Gasteiger partial charge is 0.302 e. The molecule has 1 aliphatic carbocycles. The molecule has 9 heavy (non-hydrogen) atoms. The Labute approximate surface area is 56.4 Å². The molecule has 0 aromatic rings. The molecule has 2 rings (SSSR count). The van der Waals surface area contributed by atoms with E-state index >= 15 is 0 Å². The minimum atomic E-state index is 0.663. The highest BCUT2D eigenvalue weighted by atomic mass is 15.2. The first-order valence-electron chi connectivity index (χ1n) is 3.75. The van der Waals surface area contributed by atoms with Crippen molar-refractivity contribution in [3.05, 3.63) is 12.2 Å². The van der Waals surface area contributed by atoms with Crippen molar-refractivity contribution in [1.82, 2.24) is 4.90 Å². The van der Waals surface area contributed by atoms with E-state index in [2.05, 4.69) is 24.0 Å². The summed E-state index contributed by atoms with van der Waals surface area (Å²) in [5, 5.41) is 0. The molecular weight excluding hydrogens is 110 g/mol. The molecule has 0 amide bonds. The highest BCUT2D eigenvalue weighted by Crippen LogP contribution is 2.41. The van der Waals surface area contributed by atoms with Crippen molar-refractivity contribution in [1.29, 1.82) is 0 Å². The Bertz CT molecular complexity index is 143. The van der Waals surface area contributed by atoms with Gasteiger partial charge in [-0.15, -0.1) is 0 Å². The second-order valence-corrected chi connectivity index (χ2v) is 3.27. The normalized spacial score (nSPS) is 29.9. The molecule has 1 spiro atoms. The van der Waals surface area contributed by atoms with Crippen LogP contribution in [-0.2, 0) is 0 Å². The highest BCUT2D eigenvalue weighted by Gasteiger charge is 2.42. The summed E-state index contributed by atoms with van der Waals surface area (Å²) in [5.41, 5.74) is 0.663. The van der Waals surface area contributed by atoms with Crippen molar-refractivity contribution in [2.45, 2.75) is 13.3 Å². The van der Waals surface area contributed by atoms with Crippen LogP contribution < -0.4 is 0 Å². The third-order valence-corrected chi connectivity index (χ3v) is 2.52. The van der Waals surface area contributed by atoms with Gasteiger partial charge in [0.1, 0.15) is 0 Å². The van der Waals surface area contributed by atoms with Crippen molar-refractivity contribution in [3.8, 4) is 0 Å². The summed E-state index contributed by atoms with van der Waals surface area (Å²) in [4.78, 5) is 2.49. The maximum atomic E-state index is 2.49. The molecule has 2 aliphatic rings. The number of allylic oxidation sites excluding steroid dienone is 1. The molecule has 0 aromatic carbocycles. The summed E-state index contributed by atoms with van der Waals surface area (Å²) in [7, 11) is 0. The average molecular weight is 123 g/mol. The summed E-state index contributed by atoms with van der Waals surface area (Å²) in [5.74, 6) is 0. The molecule has 1 heteroatoms. The monoisotopic (exact) mass is 123 g/mol. The fourth-order valence-electron chi connectivity index (χ4n) is 1.75. The van der Waals surface area contributed by atoms with E-state index in [-0.39, 0.29) is 0 Å². The minimum absolute atomic E-state index is 0.663. The first-order chi connectivity index (χ1) is 4.35. The molecular formula is C8H13N. The van der Waals surface area contributed by atoms with E-state index in [1.807, 2.05) is 0 Å². The topological polar surface area (TPSA) is 3.24 Å². The predicted molar refractivity (Wildman–Crippen MR) is 38.3 cm³/mol. The quantitative estimate of drug-likeness (QED) is 0.474. The molecule has 0 aromatic heterocycles. The number of nitrogens with zero attached hydrogens (tertiary/aromatic N) is 1. The van der Waals surface area contributed by atoms with Crippen LogP contribution in [0.2, 0.25) is 0 Å². The third kappa shape index (κ3) is 0.645. The van der Waals surface area contributed by atoms with Crippen LogP contribution in [0.5, 0.6) is 0 Å². The molecule has 50 valence electrons. The first kappa shape index (κ1) is 5.48. The SMILES string of the molecule is CCN1CC2(C=CC2)C1. The van der Waals surface area contributed by atoms with Gasteiger partial charge in [-0.25, -0.2) is 0 Å². The molecule has 0 radical (unpaired) electrons. The molecule has 1 nitrogen and oxygen atoms in total. The summed E-state index contributed by atoms with van der Waals surface area (Å²) < 4.78 is 0. The fraction of sp³-hybridized carbons (Fsp3) is 0.750. The zero-order chi connectivity index (χ0) is 6.32. The Morgan fingerprint density at radius 2 is 2.22 bits per heavy atom. The summed E-state index contributed by atoms with van der Waals surface area (Å²) >= 11 is 0. The molecule has 1 fully saturated rings. The van der Waals surface area contributed by atoms with Crippen LogP contribution >= 0.6 is 0 Å². The Morgan fingerprint density at radius 1 is 1.56 bits per heavy atom. The number of hydrogen-bond donors (Lipinski definition) is 0. The molecule has 1 saturated heterocycles. The van der Waals surface area contributed by atoms with Gasteiger partial charge in [0, 0.05) is 18.5 Å². The van der Waals surface area contributed by atoms with Gasteiger partial charge in [0.15, 0.2) is 0 Å². The van der Waals surface area contributed by atoms with Crippen LogP contribution in [0.1, 0.15) is 13.3 Å². The van der Waals surface area contributed by atoms with Gasteiger partial charge in [0.25, 0.3) is 0 Å². The van der Waals surface area contributed by atoms with Gasteiger partial charge in [0.2, 0.25) is 0 Å². The van der Waals surface area contributed by atoms with Crippen LogP contribution in [0.4, 0.5) is 0 Å². The molecule has 0 N–H and O–H groups in total. The highest BCUT2D eigenvalue weighted by molar-refractivity contribution is 5.19.